The molecule has 0 radical (unpaired) electrons. The van der Waals surface area contributed by atoms with Gasteiger partial charge in [0.05, 0.1) is 0 Å². The van der Waals surface area contributed by atoms with E-state index in [0.717, 1.165) is 94.1 Å². The van der Waals surface area contributed by atoms with Crippen molar-refractivity contribution in [1.82, 2.24) is 99.8 Å². The summed E-state index contributed by atoms with van der Waals surface area (Å²) in [6.45, 7) is 11.8. The number of carbonyl (C=O) groups is 4. The van der Waals surface area contributed by atoms with Gasteiger partial charge in [-0.2, -0.15) is 38.7 Å². The molecule has 114 heavy (non-hydrogen) atoms. The van der Waals surface area contributed by atoms with Crippen LogP contribution in [0.4, 0.5) is 70.3 Å². The van der Waals surface area contributed by atoms with E-state index in [0.29, 0.717) is 106 Å². The zero-order valence-corrected chi connectivity index (χ0v) is 64.0. The molecule has 1 aliphatic carbocycles. The molecule has 2 saturated heterocycles. The second kappa shape index (κ2) is 39.8. The fourth-order valence-corrected chi connectivity index (χ4v) is 12.8. The smallest absolute Gasteiger partial charge is 0.253 e. The molecule has 0 spiro atoms. The number of hydrogen-bond acceptors (Lipinski definition) is 25. The monoisotopic (exact) mass is 1540 g/mol. The van der Waals surface area contributed by atoms with Gasteiger partial charge in [0.2, 0.25) is 47.6 Å². The van der Waals surface area contributed by atoms with Crippen LogP contribution in [0.1, 0.15) is 133 Å². The highest BCUT2D eigenvalue weighted by Gasteiger charge is 2.23. The predicted octanol–water partition coefficient (Wildman–Crippen LogP) is 11.5. The summed E-state index contributed by atoms with van der Waals surface area (Å²) in [6, 6.07) is 50.7. The number of nitrogens with two attached hydrogens (primary N) is 4. The average Bonchev–Trinajstić information content (AvgIpc) is 1.72. The van der Waals surface area contributed by atoms with Crippen molar-refractivity contribution < 1.29 is 23.9 Å². The van der Waals surface area contributed by atoms with Crippen LogP contribution in [-0.4, -0.2) is 153 Å². The number of rotatable bonds is 24. The number of amides is 4. The molecule has 33 heteroatoms. The molecule has 0 atom stereocenters. The Balaban J connectivity index is 0.000000141. The first-order valence-electron chi connectivity index (χ1n) is 38.3. The summed E-state index contributed by atoms with van der Waals surface area (Å²) in [5, 5.41) is 38.8. The van der Waals surface area contributed by atoms with E-state index in [1.807, 2.05) is 102 Å². The van der Waals surface area contributed by atoms with Crippen LogP contribution in [0.15, 0.2) is 195 Å². The number of ether oxygens (including phenoxy) is 1. The van der Waals surface area contributed by atoms with Gasteiger partial charge in [-0.25, -0.2) is 19.9 Å². The number of nitrogens with one attached hydrogen (secondary N) is 7. The van der Waals surface area contributed by atoms with Crippen molar-refractivity contribution in [3.63, 3.8) is 0 Å². The number of piperidine rings is 1. The van der Waals surface area contributed by atoms with E-state index in [4.69, 9.17) is 27.7 Å². The highest BCUT2D eigenvalue weighted by Crippen LogP contribution is 2.27. The van der Waals surface area contributed by atoms with Crippen molar-refractivity contribution in [1.29, 1.82) is 0 Å². The molecule has 4 aromatic carbocycles. The number of nitrogen functional groups attached to an aromatic ring is 4. The predicted molar refractivity (Wildman–Crippen MR) is 439 cm³/mol. The van der Waals surface area contributed by atoms with Gasteiger partial charge in [0.15, 0.2) is 23.3 Å². The minimum Gasteiger partial charge on any atom is -0.381 e. The highest BCUT2D eigenvalue weighted by atomic mass is 16.5. The van der Waals surface area contributed by atoms with Gasteiger partial charge in [0, 0.05) is 116 Å². The molecule has 10 heterocycles. The van der Waals surface area contributed by atoms with Crippen molar-refractivity contribution in [2.45, 2.75) is 91.4 Å². The Hall–Kier alpha value is -13.7. The van der Waals surface area contributed by atoms with E-state index < -0.39 is 0 Å². The third kappa shape index (κ3) is 22.5. The molecular formula is C81H96N28O5. The molecule has 3 fully saturated rings. The van der Waals surface area contributed by atoms with Crippen LogP contribution in [-0.2, 0) is 4.74 Å². The SMILES string of the molecule is CC1CCN(C(=O)c2ccc(Nc3nc(N)n(-c4ccccn4)n3)cc2)CC1.CCC(CC)CNC(=O)c1ccc(Nc2nc(N)n(-c3ccccn3)n2)cc1.Nc1nc(Nc2ccc(C(=O)NCC3CCCCC3)cc2)nn1-c1ccccn1.Nc1nc(Nc2ccc(C(=O)NCC3CCOCC3)cc2)nn1-c1ccccn1. The highest BCUT2D eigenvalue weighted by molar-refractivity contribution is 5.96. The molecule has 1 saturated carbocycles. The van der Waals surface area contributed by atoms with Crippen molar-refractivity contribution in [3.8, 4) is 23.3 Å². The minimum absolute atomic E-state index is 0.0380. The molecular weight excluding hydrogens is 1450 g/mol. The number of anilines is 12. The fraction of sp³-hybridized carbons (Fsp3) is 0.309. The Morgan fingerprint density at radius 1 is 0.404 bits per heavy atom. The number of pyridine rings is 4. The third-order valence-electron chi connectivity index (χ3n) is 19.5. The normalized spacial score (nSPS) is 13.7. The van der Waals surface area contributed by atoms with Crippen LogP contribution in [0.3, 0.4) is 0 Å². The van der Waals surface area contributed by atoms with Gasteiger partial charge >= 0.3 is 0 Å². The number of carbonyl (C=O) groups excluding carboxylic acids is 4. The quantitative estimate of drug-likeness (QED) is 0.0268. The summed E-state index contributed by atoms with van der Waals surface area (Å²) in [5.41, 5.74) is 29.4. The number of hydrogen-bond donors (Lipinski definition) is 11. The summed E-state index contributed by atoms with van der Waals surface area (Å²) in [5.74, 6) is 6.95. The summed E-state index contributed by atoms with van der Waals surface area (Å²) in [7, 11) is 0. The second-order valence-electron chi connectivity index (χ2n) is 27.7. The Bertz CT molecular complexity index is 4850. The molecule has 2 aliphatic heterocycles. The van der Waals surface area contributed by atoms with Gasteiger partial charge in [-0.1, -0.05) is 77.1 Å². The lowest BCUT2D eigenvalue weighted by atomic mass is 9.89. The molecule has 8 aromatic heterocycles. The van der Waals surface area contributed by atoms with Crippen molar-refractivity contribution in [2.24, 2.45) is 23.7 Å². The lowest BCUT2D eigenvalue weighted by Gasteiger charge is -2.30. The Kier molecular flexibility index (Phi) is 27.8. The summed E-state index contributed by atoms with van der Waals surface area (Å²) in [6.07, 6.45) is 19.2. The maximum Gasteiger partial charge on any atom is 0.253 e. The number of nitrogens with zero attached hydrogens (tertiary/aromatic N) is 17. The second-order valence-corrected chi connectivity index (χ2v) is 27.7. The number of benzene rings is 4. The van der Waals surface area contributed by atoms with Crippen molar-refractivity contribution in [2.75, 3.05) is 90.1 Å². The van der Waals surface area contributed by atoms with Crippen molar-refractivity contribution >= 4 is 94.0 Å². The van der Waals surface area contributed by atoms with E-state index in [1.54, 1.807) is 97.6 Å². The van der Waals surface area contributed by atoms with Crippen LogP contribution in [0.5, 0.6) is 0 Å². The maximum absolute atomic E-state index is 12.6. The maximum atomic E-state index is 12.6. The molecule has 0 unspecified atom stereocenters. The Morgan fingerprint density at radius 2 is 0.719 bits per heavy atom. The van der Waals surface area contributed by atoms with Gasteiger partial charge in [-0.3, -0.25) is 19.2 Å². The van der Waals surface area contributed by atoms with Gasteiger partial charge in [-0.05, 0) is 208 Å². The van der Waals surface area contributed by atoms with Crippen LogP contribution in [0.2, 0.25) is 0 Å². The van der Waals surface area contributed by atoms with Gasteiger partial charge in [0.1, 0.15) is 0 Å². The molecule has 33 nitrogen and oxygen atoms in total. The van der Waals surface area contributed by atoms with Crippen LogP contribution < -0.4 is 60.2 Å². The lowest BCUT2D eigenvalue weighted by Crippen LogP contribution is -2.37. The lowest BCUT2D eigenvalue weighted by molar-refractivity contribution is 0.0642. The first-order valence-corrected chi connectivity index (χ1v) is 38.3. The van der Waals surface area contributed by atoms with Crippen LogP contribution in [0, 0.1) is 23.7 Å². The molecule has 0 bridgehead atoms. The van der Waals surface area contributed by atoms with E-state index in [9.17, 15) is 19.2 Å². The van der Waals surface area contributed by atoms with E-state index >= 15 is 0 Å². The third-order valence-corrected chi connectivity index (χ3v) is 19.5. The Labute approximate surface area is 660 Å². The zero-order valence-electron chi connectivity index (χ0n) is 64.0. The first kappa shape index (κ1) is 79.8. The van der Waals surface area contributed by atoms with Crippen molar-refractivity contribution in [3.05, 3.63) is 217 Å². The molecule has 590 valence electrons. The van der Waals surface area contributed by atoms with Crippen LogP contribution in [0.25, 0.3) is 23.3 Å². The molecule has 15 rings (SSSR count). The van der Waals surface area contributed by atoms with Gasteiger partial charge < -0.3 is 69.8 Å². The summed E-state index contributed by atoms with van der Waals surface area (Å²) >= 11 is 0. The summed E-state index contributed by atoms with van der Waals surface area (Å²) < 4.78 is 11.2. The molecule has 12 aromatic rings. The van der Waals surface area contributed by atoms with E-state index in [-0.39, 0.29) is 47.4 Å². The fourth-order valence-electron chi connectivity index (χ4n) is 12.8. The minimum atomic E-state index is -0.0789. The average molecular weight is 1540 g/mol. The van der Waals surface area contributed by atoms with Gasteiger partial charge in [0.25, 0.3) is 23.6 Å². The van der Waals surface area contributed by atoms with Gasteiger partial charge in [-0.15, -0.1) is 20.4 Å². The Morgan fingerprint density at radius 3 is 1.04 bits per heavy atom. The van der Waals surface area contributed by atoms with Crippen LogP contribution >= 0.6 is 0 Å². The largest absolute Gasteiger partial charge is 0.381 e. The van der Waals surface area contributed by atoms with E-state index in [1.165, 1.54) is 50.8 Å². The number of likely N-dealkylation sites (tertiary alicyclic amines) is 1. The zero-order chi connectivity index (χ0) is 79.6. The first-order chi connectivity index (χ1) is 55.6. The molecule has 15 N–H and O–H groups in total. The summed E-state index contributed by atoms with van der Waals surface area (Å²) in [4.78, 5) is 85.3. The number of aromatic nitrogens is 16. The topological polar surface area (TPSA) is 443 Å². The standard InChI is InChI=1S/C21H25N7O.C20H23N7O2.C20H23N7O.C20H25N7O/c22-20-26-21(27-28(20)18-8-4-5-13-23-18)25-17-11-9-16(10-12-17)19(29)24-14-15-6-2-1-3-7-15;21-19-25-20(26-27(19)17-3-1-2-10-22-17)24-16-6-4-15(5-7-16)18(28)23-13-14-8-11-29-12-9-14;1-14-9-12-26(13-10-14)18(28)15-5-7-16(8-6-15)23-20-24-19(21)27(25-20)17-4-2-3-11-22-17;1-3-14(4-2)13-23-18(28)15-8-10-16(11-9-15)24-20-25-19(21)27(26-20)17-7-5-6-12-22-17/h4-5,8-13,15H,1-3,6-7,14H2,(H,24,29)(H3,22,25,26,27);1-7,10,14H,8-9,11-13H2,(H,23,28)(H3,21,24,25,26);2-8,11,14H,9-10,12-13H2,1H3,(H3,21,23,24,25);5-12,14H,3-4,13H2,1-2H3,(H,23,28)(H3,21,24,25,26). The molecule has 3 aliphatic rings. The molecule has 4 amide bonds. The van der Waals surface area contributed by atoms with E-state index in [2.05, 4.69) is 118 Å².